The Morgan fingerprint density at radius 3 is 0.797 bits per heavy atom. The van der Waals surface area contributed by atoms with Crippen molar-refractivity contribution >= 4 is 17.9 Å². The van der Waals surface area contributed by atoms with Crippen LogP contribution in [0.15, 0.2) is 109 Å². The first-order valence-electron chi connectivity index (χ1n) is 33.4. The highest BCUT2D eigenvalue weighted by molar-refractivity contribution is 5.71. The van der Waals surface area contributed by atoms with Crippen molar-refractivity contribution in [1.29, 1.82) is 0 Å². The summed E-state index contributed by atoms with van der Waals surface area (Å²) in [5.74, 6) is -0.926. The molecular formula is C73H124O6. The highest BCUT2D eigenvalue weighted by atomic mass is 16.6. The average Bonchev–Trinajstić information content (AvgIpc) is 3.45. The zero-order chi connectivity index (χ0) is 57.1. The molecule has 0 aliphatic carbocycles. The first-order chi connectivity index (χ1) is 39.0. The quantitative estimate of drug-likeness (QED) is 0.0261. The Hall–Kier alpha value is -3.93. The molecule has 0 amide bonds. The van der Waals surface area contributed by atoms with E-state index in [1.807, 2.05) is 0 Å². The van der Waals surface area contributed by atoms with E-state index >= 15 is 0 Å². The third-order valence-corrected chi connectivity index (χ3v) is 14.2. The van der Waals surface area contributed by atoms with Crippen LogP contribution in [0.5, 0.6) is 0 Å². The van der Waals surface area contributed by atoms with Gasteiger partial charge in [-0.05, 0) is 128 Å². The molecule has 452 valence electrons. The number of hydrogen-bond acceptors (Lipinski definition) is 6. The van der Waals surface area contributed by atoms with Gasteiger partial charge < -0.3 is 14.2 Å². The van der Waals surface area contributed by atoms with Crippen molar-refractivity contribution in [3.05, 3.63) is 109 Å². The predicted octanol–water partition coefficient (Wildman–Crippen LogP) is 23.0. The first-order valence-corrected chi connectivity index (χ1v) is 33.4. The molecule has 0 aromatic carbocycles. The Bertz CT molecular complexity index is 1590. The minimum Gasteiger partial charge on any atom is -0.462 e. The van der Waals surface area contributed by atoms with E-state index in [9.17, 15) is 14.4 Å². The van der Waals surface area contributed by atoms with Crippen LogP contribution in [0.2, 0.25) is 0 Å². The second-order valence-electron chi connectivity index (χ2n) is 22.0. The summed E-state index contributed by atoms with van der Waals surface area (Å²) in [6, 6.07) is 0. The van der Waals surface area contributed by atoms with Gasteiger partial charge in [0.25, 0.3) is 0 Å². The smallest absolute Gasteiger partial charge is 0.306 e. The maximum atomic E-state index is 12.9. The third-order valence-electron chi connectivity index (χ3n) is 14.2. The molecule has 0 heterocycles. The summed E-state index contributed by atoms with van der Waals surface area (Å²) in [6.07, 6.45) is 90.9. The van der Waals surface area contributed by atoms with Crippen molar-refractivity contribution in [3.8, 4) is 0 Å². The van der Waals surface area contributed by atoms with Gasteiger partial charge in [0.1, 0.15) is 13.2 Å². The molecule has 1 atom stereocenters. The highest BCUT2D eigenvalue weighted by Gasteiger charge is 2.19. The minimum absolute atomic E-state index is 0.0952. The zero-order valence-corrected chi connectivity index (χ0v) is 51.9. The van der Waals surface area contributed by atoms with Crippen LogP contribution in [0.3, 0.4) is 0 Å². The molecule has 6 heteroatoms. The zero-order valence-electron chi connectivity index (χ0n) is 51.9. The Kier molecular flexibility index (Phi) is 63.3. The Labute approximate surface area is 489 Å². The van der Waals surface area contributed by atoms with Crippen LogP contribution >= 0.6 is 0 Å². The maximum absolute atomic E-state index is 12.9. The van der Waals surface area contributed by atoms with Gasteiger partial charge in [0.2, 0.25) is 0 Å². The second kappa shape index (κ2) is 66.6. The van der Waals surface area contributed by atoms with Crippen molar-refractivity contribution < 1.29 is 28.6 Å². The Balaban J connectivity index is 4.42. The van der Waals surface area contributed by atoms with Gasteiger partial charge in [-0.3, -0.25) is 14.4 Å². The van der Waals surface area contributed by atoms with Gasteiger partial charge in [0.15, 0.2) is 6.10 Å². The van der Waals surface area contributed by atoms with Gasteiger partial charge in [-0.25, -0.2) is 0 Å². The van der Waals surface area contributed by atoms with E-state index in [2.05, 4.69) is 130 Å². The largest absolute Gasteiger partial charge is 0.462 e. The van der Waals surface area contributed by atoms with Crippen LogP contribution in [0.4, 0.5) is 0 Å². The molecule has 0 aliphatic rings. The molecule has 0 aromatic rings. The summed E-state index contributed by atoms with van der Waals surface area (Å²) in [5, 5.41) is 0. The van der Waals surface area contributed by atoms with E-state index in [1.165, 1.54) is 167 Å². The number of esters is 3. The number of carbonyl (C=O) groups is 3. The number of rotatable bonds is 60. The second-order valence-corrected chi connectivity index (χ2v) is 22.0. The molecule has 79 heavy (non-hydrogen) atoms. The summed E-state index contributed by atoms with van der Waals surface area (Å²) < 4.78 is 16.9. The molecule has 6 nitrogen and oxygen atoms in total. The lowest BCUT2D eigenvalue weighted by molar-refractivity contribution is -0.167. The third kappa shape index (κ3) is 64.8. The molecule has 0 saturated heterocycles. The van der Waals surface area contributed by atoms with E-state index in [4.69, 9.17) is 14.2 Å². The van der Waals surface area contributed by atoms with E-state index in [1.54, 1.807) is 0 Å². The van der Waals surface area contributed by atoms with Gasteiger partial charge in [0.05, 0.1) is 0 Å². The van der Waals surface area contributed by atoms with Gasteiger partial charge in [-0.15, -0.1) is 0 Å². The fourth-order valence-electron chi connectivity index (χ4n) is 9.24. The topological polar surface area (TPSA) is 78.9 Å². The van der Waals surface area contributed by atoms with Crippen molar-refractivity contribution in [2.45, 2.75) is 322 Å². The Morgan fingerprint density at radius 2 is 0.494 bits per heavy atom. The molecule has 0 radical (unpaired) electrons. The molecule has 0 aliphatic heterocycles. The normalized spacial score (nSPS) is 12.8. The van der Waals surface area contributed by atoms with Crippen LogP contribution in [0.1, 0.15) is 316 Å². The number of hydrogen-bond donors (Lipinski definition) is 0. The summed E-state index contributed by atoms with van der Waals surface area (Å²) in [7, 11) is 0. The van der Waals surface area contributed by atoms with E-state index in [0.29, 0.717) is 12.8 Å². The molecule has 0 bridgehead atoms. The maximum Gasteiger partial charge on any atom is 0.306 e. The number of carbonyl (C=O) groups excluding carboxylic acids is 3. The van der Waals surface area contributed by atoms with Crippen LogP contribution in [-0.4, -0.2) is 37.2 Å². The molecule has 0 aromatic heterocycles. The fourth-order valence-corrected chi connectivity index (χ4v) is 9.24. The van der Waals surface area contributed by atoms with Crippen molar-refractivity contribution in [3.63, 3.8) is 0 Å². The minimum atomic E-state index is -0.803. The lowest BCUT2D eigenvalue weighted by atomic mass is 10.1. The van der Waals surface area contributed by atoms with Crippen LogP contribution in [0, 0.1) is 0 Å². The van der Waals surface area contributed by atoms with Crippen molar-refractivity contribution in [1.82, 2.24) is 0 Å². The monoisotopic (exact) mass is 1100 g/mol. The molecule has 0 spiro atoms. The van der Waals surface area contributed by atoms with E-state index in [-0.39, 0.29) is 37.5 Å². The number of ether oxygens (including phenoxy) is 3. The fraction of sp³-hybridized carbons (Fsp3) is 0.712. The lowest BCUT2D eigenvalue weighted by Gasteiger charge is -2.18. The van der Waals surface area contributed by atoms with Crippen LogP contribution in [-0.2, 0) is 28.6 Å². The van der Waals surface area contributed by atoms with Gasteiger partial charge >= 0.3 is 17.9 Å². The molecule has 0 fully saturated rings. The molecular weight excluding hydrogens is 973 g/mol. The SMILES string of the molecule is CC/C=C\C/C=C\C/C=C\C/C=C\C/C=C\CCCCCC(=O)OC(COC(=O)CCCCCCCCC/C=C\CCCCCCCC)COC(=O)CCCCCCCCCCCC/C=C\C/C=C\C/C=C\CCCCCCC. The first kappa shape index (κ1) is 75.1. The summed E-state index contributed by atoms with van der Waals surface area (Å²) in [4.78, 5) is 38.4. The van der Waals surface area contributed by atoms with Crippen LogP contribution in [0.25, 0.3) is 0 Å². The number of allylic oxidation sites excluding steroid dienone is 18. The Morgan fingerprint density at radius 1 is 0.266 bits per heavy atom. The van der Waals surface area contributed by atoms with E-state index < -0.39 is 6.10 Å². The highest BCUT2D eigenvalue weighted by Crippen LogP contribution is 2.16. The summed E-state index contributed by atoms with van der Waals surface area (Å²) >= 11 is 0. The molecule has 0 N–H and O–H groups in total. The van der Waals surface area contributed by atoms with Gasteiger partial charge in [0, 0.05) is 19.3 Å². The summed E-state index contributed by atoms with van der Waals surface area (Å²) in [5.41, 5.74) is 0. The predicted molar refractivity (Wildman–Crippen MR) is 343 cm³/mol. The van der Waals surface area contributed by atoms with Crippen LogP contribution < -0.4 is 0 Å². The van der Waals surface area contributed by atoms with Gasteiger partial charge in [-0.2, -0.15) is 0 Å². The molecule has 0 saturated carbocycles. The van der Waals surface area contributed by atoms with Crippen molar-refractivity contribution in [2.24, 2.45) is 0 Å². The molecule has 0 rings (SSSR count). The van der Waals surface area contributed by atoms with Crippen molar-refractivity contribution in [2.75, 3.05) is 13.2 Å². The summed E-state index contributed by atoms with van der Waals surface area (Å²) in [6.45, 7) is 6.50. The van der Waals surface area contributed by atoms with E-state index in [0.717, 1.165) is 109 Å². The molecule has 1 unspecified atom stereocenters. The average molecular weight is 1100 g/mol. The van der Waals surface area contributed by atoms with Gasteiger partial charge in [-0.1, -0.05) is 278 Å². The standard InChI is InChI=1S/C73H124O6/c1-4-7-10-13-16-19-22-25-28-31-33-34-35-36-37-38-40-42-45-48-51-54-57-60-63-66-72(75)78-69-70(68-77-71(74)65-62-59-56-53-50-47-44-41-30-27-24-21-18-15-12-9-6-3)79-73(76)67-64-61-58-55-52-49-46-43-39-32-29-26-23-20-17-14-11-8-5-2/h8,11,17,20,22,25-27,29-31,33,35-36,39,43,49,52,70H,4-7,9-10,12-16,18-19,21,23-24,28,32,34,37-38,40-42,44-48,50-51,53-69H2,1-3H3/b11-8-,20-17-,25-22-,29-26-,30-27-,33-31-,36-35-,43-39-,52-49-. The number of unbranched alkanes of at least 4 members (excludes halogenated alkanes) is 31. The lowest BCUT2D eigenvalue weighted by Crippen LogP contribution is -2.30.